The van der Waals surface area contributed by atoms with Crippen LogP contribution in [0.25, 0.3) is 0 Å². The highest BCUT2D eigenvalue weighted by atomic mass is 16.6. The van der Waals surface area contributed by atoms with Crippen molar-refractivity contribution in [2.24, 2.45) is 0 Å². The van der Waals surface area contributed by atoms with Gasteiger partial charge in [0.15, 0.2) is 0 Å². The number of carbonyl (C=O) groups is 2. The molecule has 2 rings (SSSR count). The molecule has 0 unspecified atom stereocenters. The van der Waals surface area contributed by atoms with Crippen molar-refractivity contribution < 1.29 is 19.1 Å². The molecule has 0 atom stereocenters. The van der Waals surface area contributed by atoms with Gasteiger partial charge in [-0.15, -0.1) is 0 Å². The molecule has 0 bridgehead atoms. The van der Waals surface area contributed by atoms with Crippen LogP contribution in [0.3, 0.4) is 0 Å². The Balaban J connectivity index is 0.000000380. The summed E-state index contributed by atoms with van der Waals surface area (Å²) in [7, 11) is 0. The first-order valence-corrected chi connectivity index (χ1v) is 16.3. The first-order chi connectivity index (χ1) is 18.2. The van der Waals surface area contributed by atoms with E-state index in [1.165, 1.54) is 103 Å². The predicted octanol–water partition coefficient (Wildman–Crippen LogP) is 10.6. The van der Waals surface area contributed by atoms with E-state index in [4.69, 9.17) is 9.47 Å². The molecule has 222 valence electrons. The molecule has 38 heavy (non-hydrogen) atoms. The molecule has 0 N–H and O–H groups in total. The summed E-state index contributed by atoms with van der Waals surface area (Å²) in [4.78, 5) is 23.5. The molecule has 2 aliphatic heterocycles. The third kappa shape index (κ3) is 21.6. The lowest BCUT2D eigenvalue weighted by Gasteiger charge is -2.25. The molecule has 4 nitrogen and oxygen atoms in total. The summed E-state index contributed by atoms with van der Waals surface area (Å²) in [6.45, 7) is 8.13. The molecule has 0 aromatic rings. The summed E-state index contributed by atoms with van der Waals surface area (Å²) in [6, 6.07) is 0. The van der Waals surface area contributed by atoms with Gasteiger partial charge in [0.05, 0.1) is 0 Å². The lowest BCUT2D eigenvalue weighted by molar-refractivity contribution is -0.158. The van der Waals surface area contributed by atoms with Gasteiger partial charge in [0.25, 0.3) is 0 Å². The van der Waals surface area contributed by atoms with Gasteiger partial charge >= 0.3 is 11.9 Å². The Kier molecular flexibility index (Phi) is 19.6. The van der Waals surface area contributed by atoms with E-state index in [1.54, 1.807) is 0 Å². The Hall–Kier alpha value is -1.32. The number of esters is 2. The van der Waals surface area contributed by atoms with E-state index in [9.17, 15) is 9.59 Å². The minimum absolute atomic E-state index is 0.00269. The maximum atomic E-state index is 11.8. The van der Waals surface area contributed by atoms with Crippen LogP contribution in [0.2, 0.25) is 0 Å². The van der Waals surface area contributed by atoms with Gasteiger partial charge in [-0.2, -0.15) is 0 Å². The Morgan fingerprint density at radius 2 is 0.789 bits per heavy atom. The molecule has 0 aliphatic carbocycles. The van der Waals surface area contributed by atoms with Crippen LogP contribution in [-0.2, 0) is 19.1 Å². The standard InChI is InChI=1S/C17H32O2.C17H30O2/c2*1-17(2)15-13-11-9-7-5-3-4-6-8-10-12-14-16(18)19-17/h3-15H2,1-2H3;9,11H,3-8,10,12-15H2,1-2H3. The van der Waals surface area contributed by atoms with E-state index in [0.717, 1.165) is 38.5 Å². The summed E-state index contributed by atoms with van der Waals surface area (Å²) in [5.41, 5.74) is -0.591. The summed E-state index contributed by atoms with van der Waals surface area (Å²) >= 11 is 0. The number of cyclic esters (lactones) is 2. The Labute approximate surface area is 236 Å². The van der Waals surface area contributed by atoms with Crippen molar-refractivity contribution in [3.8, 4) is 0 Å². The first kappa shape index (κ1) is 34.7. The number of ether oxygens (including phenoxy) is 2. The zero-order valence-corrected chi connectivity index (χ0v) is 25.8. The van der Waals surface area contributed by atoms with E-state index in [1.807, 2.05) is 27.7 Å². The SMILES string of the molecule is CC1(C)CCC=CCCCCCCCCCC(=O)O1.CC1(C)CCCCCCCCCCCCCC(=O)O1. The highest BCUT2D eigenvalue weighted by Gasteiger charge is 2.22. The molecule has 1 fully saturated rings. The quantitative estimate of drug-likeness (QED) is 0.229. The van der Waals surface area contributed by atoms with Crippen molar-refractivity contribution in [2.75, 3.05) is 0 Å². The van der Waals surface area contributed by atoms with Crippen LogP contribution in [0.5, 0.6) is 0 Å². The molecular formula is C34H62O4. The van der Waals surface area contributed by atoms with Crippen LogP contribution in [0.4, 0.5) is 0 Å². The van der Waals surface area contributed by atoms with Gasteiger partial charge in [0.2, 0.25) is 0 Å². The van der Waals surface area contributed by atoms with Gasteiger partial charge in [0, 0.05) is 12.8 Å². The van der Waals surface area contributed by atoms with Gasteiger partial charge in [0.1, 0.15) is 11.2 Å². The van der Waals surface area contributed by atoms with Crippen molar-refractivity contribution >= 4 is 11.9 Å². The van der Waals surface area contributed by atoms with Crippen molar-refractivity contribution in [3.63, 3.8) is 0 Å². The van der Waals surface area contributed by atoms with Crippen LogP contribution in [0, 0.1) is 0 Å². The van der Waals surface area contributed by atoms with Crippen LogP contribution in [-0.4, -0.2) is 23.1 Å². The summed E-state index contributed by atoms with van der Waals surface area (Å²) < 4.78 is 11.2. The van der Waals surface area contributed by atoms with E-state index < -0.39 is 0 Å². The van der Waals surface area contributed by atoms with E-state index in [0.29, 0.717) is 12.8 Å². The largest absolute Gasteiger partial charge is 0.460 e. The molecule has 0 aromatic heterocycles. The highest BCUT2D eigenvalue weighted by molar-refractivity contribution is 5.70. The lowest BCUT2D eigenvalue weighted by atomic mass is 9.98. The van der Waals surface area contributed by atoms with E-state index in [2.05, 4.69) is 12.2 Å². The third-order valence-electron chi connectivity index (χ3n) is 7.77. The number of hydrogen-bond acceptors (Lipinski definition) is 4. The highest BCUT2D eigenvalue weighted by Crippen LogP contribution is 2.22. The topological polar surface area (TPSA) is 52.6 Å². The predicted molar refractivity (Wildman–Crippen MR) is 160 cm³/mol. The molecule has 2 heterocycles. The molecule has 4 heteroatoms. The number of hydrogen-bond donors (Lipinski definition) is 0. The Morgan fingerprint density at radius 3 is 1.26 bits per heavy atom. The fraction of sp³-hybridized carbons (Fsp3) is 0.882. The second kappa shape index (κ2) is 21.5. The minimum Gasteiger partial charge on any atom is -0.460 e. The molecule has 0 aromatic carbocycles. The molecule has 0 amide bonds. The maximum Gasteiger partial charge on any atom is 0.306 e. The summed E-state index contributed by atoms with van der Waals surface area (Å²) in [5.74, 6) is -0.0295. The lowest BCUT2D eigenvalue weighted by Crippen LogP contribution is -2.27. The van der Waals surface area contributed by atoms with Gasteiger partial charge in [-0.3, -0.25) is 9.59 Å². The third-order valence-corrected chi connectivity index (χ3v) is 7.77. The number of allylic oxidation sites excluding steroid dienone is 2. The van der Waals surface area contributed by atoms with E-state index in [-0.39, 0.29) is 23.1 Å². The van der Waals surface area contributed by atoms with E-state index >= 15 is 0 Å². The van der Waals surface area contributed by atoms with Crippen LogP contribution in [0.15, 0.2) is 12.2 Å². The Morgan fingerprint density at radius 1 is 0.447 bits per heavy atom. The minimum atomic E-state index is -0.321. The monoisotopic (exact) mass is 534 g/mol. The second-order valence-corrected chi connectivity index (χ2v) is 12.9. The van der Waals surface area contributed by atoms with Crippen LogP contribution in [0.1, 0.15) is 182 Å². The molecule has 0 radical (unpaired) electrons. The molecule has 0 spiro atoms. The molecule has 0 saturated carbocycles. The fourth-order valence-corrected chi connectivity index (χ4v) is 5.31. The molecular weight excluding hydrogens is 472 g/mol. The van der Waals surface area contributed by atoms with Crippen molar-refractivity contribution in [1.82, 2.24) is 0 Å². The number of rotatable bonds is 0. The van der Waals surface area contributed by atoms with Crippen molar-refractivity contribution in [1.29, 1.82) is 0 Å². The van der Waals surface area contributed by atoms with Gasteiger partial charge in [-0.05, 0) is 79.1 Å². The summed E-state index contributed by atoms with van der Waals surface area (Å²) in [6.07, 6.45) is 32.6. The number of carbonyl (C=O) groups excluding carboxylic acids is 2. The second-order valence-electron chi connectivity index (χ2n) is 12.9. The summed E-state index contributed by atoms with van der Waals surface area (Å²) in [5, 5.41) is 0. The van der Waals surface area contributed by atoms with Gasteiger partial charge in [-0.1, -0.05) is 102 Å². The smallest absolute Gasteiger partial charge is 0.306 e. The van der Waals surface area contributed by atoms with Crippen LogP contribution < -0.4 is 0 Å². The van der Waals surface area contributed by atoms with Crippen molar-refractivity contribution in [2.45, 2.75) is 193 Å². The van der Waals surface area contributed by atoms with Gasteiger partial charge < -0.3 is 9.47 Å². The molecule has 2 aliphatic rings. The van der Waals surface area contributed by atoms with Gasteiger partial charge in [-0.25, -0.2) is 0 Å². The normalized spacial score (nSPS) is 24.2. The maximum absolute atomic E-state index is 11.8. The van der Waals surface area contributed by atoms with Crippen molar-refractivity contribution in [3.05, 3.63) is 12.2 Å². The fourth-order valence-electron chi connectivity index (χ4n) is 5.31. The zero-order chi connectivity index (χ0) is 28.0. The Bertz CT molecular complexity index is 634. The average Bonchev–Trinajstić information content (AvgIpc) is 2.83. The first-order valence-electron chi connectivity index (χ1n) is 16.3. The molecule has 1 saturated heterocycles. The zero-order valence-electron chi connectivity index (χ0n) is 25.8. The van der Waals surface area contributed by atoms with Crippen LogP contribution >= 0.6 is 0 Å². The average molecular weight is 535 g/mol.